The van der Waals surface area contributed by atoms with Crippen molar-refractivity contribution in [3.8, 4) is 0 Å². The molecule has 0 unspecified atom stereocenters. The lowest BCUT2D eigenvalue weighted by molar-refractivity contribution is 0.264. The van der Waals surface area contributed by atoms with E-state index in [2.05, 4.69) is 40.2 Å². The van der Waals surface area contributed by atoms with E-state index < -0.39 is 0 Å². The highest BCUT2D eigenvalue weighted by Crippen LogP contribution is 2.25. The number of likely N-dealkylation sites (tertiary alicyclic amines) is 1. The highest BCUT2D eigenvalue weighted by Gasteiger charge is 2.19. The Balaban J connectivity index is 1.92. The fourth-order valence-corrected chi connectivity index (χ4v) is 2.79. The Bertz CT molecular complexity index is 624. The molecule has 1 fully saturated rings. The van der Waals surface area contributed by atoms with E-state index in [1.807, 2.05) is 19.0 Å². The molecule has 1 aliphatic heterocycles. The Hall–Kier alpha value is -1.82. The van der Waals surface area contributed by atoms with E-state index >= 15 is 0 Å². The highest BCUT2D eigenvalue weighted by molar-refractivity contribution is 5.89. The van der Waals surface area contributed by atoms with Crippen molar-refractivity contribution in [2.45, 2.75) is 25.8 Å². The molecule has 21 heavy (non-hydrogen) atoms. The number of aryl methyl sites for hydroxylation is 1. The zero-order valence-electron chi connectivity index (χ0n) is 13.3. The van der Waals surface area contributed by atoms with E-state index in [4.69, 9.17) is 4.98 Å². The molecule has 2 aromatic heterocycles. The van der Waals surface area contributed by atoms with Gasteiger partial charge in [0.1, 0.15) is 11.5 Å². The second-order valence-electron chi connectivity index (χ2n) is 6.20. The van der Waals surface area contributed by atoms with Crippen LogP contribution in [0.5, 0.6) is 0 Å². The predicted molar refractivity (Wildman–Crippen MR) is 87.1 cm³/mol. The van der Waals surface area contributed by atoms with Gasteiger partial charge in [0.25, 0.3) is 0 Å². The first-order valence-electron chi connectivity index (χ1n) is 7.52. The van der Waals surface area contributed by atoms with Crippen molar-refractivity contribution in [3.05, 3.63) is 11.8 Å². The third-order valence-electron chi connectivity index (χ3n) is 4.07. The van der Waals surface area contributed by atoms with Gasteiger partial charge in [-0.15, -0.1) is 0 Å². The molecule has 0 amide bonds. The van der Waals surface area contributed by atoms with Gasteiger partial charge in [0.15, 0.2) is 0 Å². The minimum atomic E-state index is 0.490. The summed E-state index contributed by atoms with van der Waals surface area (Å²) in [4.78, 5) is 16.9. The van der Waals surface area contributed by atoms with Gasteiger partial charge < -0.3 is 20.1 Å². The van der Waals surface area contributed by atoms with E-state index in [0.717, 1.165) is 54.4 Å². The van der Waals surface area contributed by atoms with E-state index in [1.165, 1.54) is 0 Å². The Morgan fingerprint density at radius 1 is 1.29 bits per heavy atom. The number of H-pyrrole nitrogens is 1. The van der Waals surface area contributed by atoms with Crippen molar-refractivity contribution >= 4 is 22.8 Å². The Morgan fingerprint density at radius 3 is 2.67 bits per heavy atom. The molecule has 0 radical (unpaired) electrons. The summed E-state index contributed by atoms with van der Waals surface area (Å²) in [7, 11) is 6.12. The van der Waals surface area contributed by atoms with Gasteiger partial charge in [0.2, 0.25) is 5.95 Å². The second-order valence-corrected chi connectivity index (χ2v) is 6.20. The van der Waals surface area contributed by atoms with E-state index in [0.29, 0.717) is 6.04 Å². The van der Waals surface area contributed by atoms with Gasteiger partial charge in [-0.3, -0.25) is 0 Å². The molecule has 2 aromatic rings. The molecule has 3 rings (SSSR count). The summed E-state index contributed by atoms with van der Waals surface area (Å²) >= 11 is 0. The molecule has 0 aliphatic carbocycles. The van der Waals surface area contributed by atoms with Crippen LogP contribution in [-0.2, 0) is 0 Å². The van der Waals surface area contributed by atoms with Crippen molar-refractivity contribution < 1.29 is 0 Å². The van der Waals surface area contributed by atoms with Crippen LogP contribution in [0.25, 0.3) is 11.0 Å². The number of rotatable bonds is 3. The van der Waals surface area contributed by atoms with Gasteiger partial charge in [-0.1, -0.05) is 0 Å². The summed E-state index contributed by atoms with van der Waals surface area (Å²) in [5.41, 5.74) is 2.02. The zero-order chi connectivity index (χ0) is 15.0. The topological polar surface area (TPSA) is 60.1 Å². The minimum absolute atomic E-state index is 0.490. The molecule has 1 saturated heterocycles. The molecular weight excluding hydrogens is 264 g/mol. The monoisotopic (exact) mass is 288 g/mol. The van der Waals surface area contributed by atoms with Crippen LogP contribution in [0.3, 0.4) is 0 Å². The van der Waals surface area contributed by atoms with E-state index in [9.17, 15) is 0 Å². The third-order valence-corrected chi connectivity index (χ3v) is 4.07. The molecular formula is C15H24N6. The number of nitrogens with one attached hydrogen (secondary N) is 2. The second kappa shape index (κ2) is 5.52. The van der Waals surface area contributed by atoms with Gasteiger partial charge in [-0.2, -0.15) is 9.97 Å². The molecule has 1 aliphatic rings. The summed E-state index contributed by atoms with van der Waals surface area (Å²) in [6.07, 6.45) is 2.31. The molecule has 2 N–H and O–H groups in total. The lowest BCUT2D eigenvalue weighted by atomic mass is 10.1. The summed E-state index contributed by atoms with van der Waals surface area (Å²) in [6.45, 7) is 4.33. The highest BCUT2D eigenvalue weighted by atomic mass is 15.2. The van der Waals surface area contributed by atoms with Gasteiger partial charge in [-0.05, 0) is 46.0 Å². The Morgan fingerprint density at radius 2 is 2.00 bits per heavy atom. The van der Waals surface area contributed by atoms with Crippen molar-refractivity contribution in [2.24, 2.45) is 0 Å². The summed E-state index contributed by atoms with van der Waals surface area (Å²) in [5, 5.41) is 4.71. The number of hydrogen-bond acceptors (Lipinski definition) is 5. The number of fused-ring (bicyclic) bond motifs is 1. The molecule has 0 aromatic carbocycles. The van der Waals surface area contributed by atoms with E-state index in [1.54, 1.807) is 0 Å². The van der Waals surface area contributed by atoms with Crippen LogP contribution in [0.1, 0.15) is 18.5 Å². The molecule has 6 heteroatoms. The molecule has 0 saturated carbocycles. The fraction of sp³-hybridized carbons (Fsp3) is 0.600. The maximum absolute atomic E-state index is 4.70. The van der Waals surface area contributed by atoms with Crippen LogP contribution >= 0.6 is 0 Å². The molecule has 0 bridgehead atoms. The molecule has 114 valence electrons. The smallest absolute Gasteiger partial charge is 0.228 e. The number of hydrogen-bond donors (Lipinski definition) is 2. The van der Waals surface area contributed by atoms with Crippen LogP contribution < -0.4 is 10.2 Å². The van der Waals surface area contributed by atoms with Gasteiger partial charge >= 0.3 is 0 Å². The maximum Gasteiger partial charge on any atom is 0.228 e. The number of piperidine rings is 1. The number of aromatic nitrogens is 3. The average molecular weight is 288 g/mol. The van der Waals surface area contributed by atoms with Crippen LogP contribution in [0.2, 0.25) is 0 Å². The fourth-order valence-electron chi connectivity index (χ4n) is 2.79. The molecule has 3 heterocycles. The Kier molecular flexibility index (Phi) is 3.71. The quantitative estimate of drug-likeness (QED) is 0.902. The van der Waals surface area contributed by atoms with Crippen molar-refractivity contribution in [3.63, 3.8) is 0 Å². The summed E-state index contributed by atoms with van der Waals surface area (Å²) in [5.74, 6) is 1.68. The van der Waals surface area contributed by atoms with Crippen LogP contribution in [0.15, 0.2) is 6.07 Å². The lowest BCUT2D eigenvalue weighted by Gasteiger charge is -2.30. The average Bonchev–Trinajstić information content (AvgIpc) is 2.81. The summed E-state index contributed by atoms with van der Waals surface area (Å²) in [6, 6.07) is 2.61. The number of aromatic amines is 1. The predicted octanol–water partition coefficient (Wildman–Crippen LogP) is 1.84. The molecule has 6 nitrogen and oxygen atoms in total. The maximum atomic E-state index is 4.70. The molecule has 0 spiro atoms. The number of nitrogens with zero attached hydrogens (tertiary/aromatic N) is 4. The summed E-state index contributed by atoms with van der Waals surface area (Å²) < 4.78 is 0. The largest absolute Gasteiger partial charge is 0.367 e. The molecule has 0 atom stereocenters. The normalized spacial score (nSPS) is 17.3. The van der Waals surface area contributed by atoms with Gasteiger partial charge in [0.05, 0.1) is 5.39 Å². The van der Waals surface area contributed by atoms with Crippen LogP contribution in [0.4, 0.5) is 11.8 Å². The standard InChI is InChI=1S/C15H24N6/c1-10-9-12-13(16-10)18-15(20(2)3)19-14(12)17-11-5-7-21(4)8-6-11/h9,11H,5-8H2,1-4H3,(H2,16,17,18,19). The first-order valence-corrected chi connectivity index (χ1v) is 7.52. The SMILES string of the molecule is Cc1cc2c(NC3CCN(C)CC3)nc(N(C)C)nc2[nH]1. The van der Waals surface area contributed by atoms with Crippen molar-refractivity contribution in [1.29, 1.82) is 0 Å². The van der Waals surface area contributed by atoms with Gasteiger partial charge in [0, 0.05) is 25.8 Å². The first-order chi connectivity index (χ1) is 10.0. The Labute approximate surface area is 125 Å². The first kappa shape index (κ1) is 14.1. The van der Waals surface area contributed by atoms with E-state index in [-0.39, 0.29) is 0 Å². The van der Waals surface area contributed by atoms with Crippen molar-refractivity contribution in [1.82, 2.24) is 19.9 Å². The zero-order valence-corrected chi connectivity index (χ0v) is 13.3. The third kappa shape index (κ3) is 2.95. The van der Waals surface area contributed by atoms with Crippen LogP contribution in [-0.4, -0.2) is 60.1 Å². The van der Waals surface area contributed by atoms with Crippen LogP contribution in [0, 0.1) is 6.92 Å². The van der Waals surface area contributed by atoms with Gasteiger partial charge in [-0.25, -0.2) is 0 Å². The van der Waals surface area contributed by atoms with Crippen molar-refractivity contribution in [2.75, 3.05) is 44.4 Å². The minimum Gasteiger partial charge on any atom is -0.367 e. The lowest BCUT2D eigenvalue weighted by Crippen LogP contribution is -2.37. The number of anilines is 2.